The highest BCUT2D eigenvalue weighted by Crippen LogP contribution is 2.19. The number of hydrogen-bond acceptors (Lipinski definition) is 3. The normalized spacial score (nSPS) is 18.3. The quantitative estimate of drug-likeness (QED) is 0.856. The second-order valence-electron chi connectivity index (χ2n) is 4.78. The SMILES string of the molecule is Cn1c(NC(=O)[C@H]2CCC(=O)N2)nc2cc(F)ccc21. The molecular weight excluding hydrogens is 263 g/mol. The Balaban J connectivity index is 1.85. The number of carbonyl (C=O) groups excluding carboxylic acids is 2. The standard InChI is InChI=1S/C13H13FN4O2/c1-18-10-4-2-7(14)6-9(10)16-13(18)17-12(20)8-3-5-11(19)15-8/h2,4,6,8H,3,5H2,1H3,(H,15,19)(H,16,17,20)/t8-/m1/s1. The number of amides is 2. The second-order valence-corrected chi connectivity index (χ2v) is 4.78. The van der Waals surface area contributed by atoms with Crippen LogP contribution in [-0.4, -0.2) is 27.4 Å². The molecule has 104 valence electrons. The monoisotopic (exact) mass is 276 g/mol. The first kappa shape index (κ1) is 12.6. The molecule has 1 fully saturated rings. The van der Waals surface area contributed by atoms with Gasteiger partial charge < -0.3 is 9.88 Å². The Morgan fingerprint density at radius 3 is 3.05 bits per heavy atom. The Bertz CT molecular complexity index is 710. The molecule has 2 amide bonds. The third-order valence-electron chi connectivity index (χ3n) is 3.39. The Hall–Kier alpha value is -2.44. The van der Waals surface area contributed by atoms with E-state index in [1.165, 1.54) is 12.1 Å². The number of rotatable bonds is 2. The molecule has 0 radical (unpaired) electrons. The van der Waals surface area contributed by atoms with Crippen molar-refractivity contribution in [2.75, 3.05) is 5.32 Å². The average molecular weight is 276 g/mol. The molecule has 1 aromatic heterocycles. The predicted molar refractivity (Wildman–Crippen MR) is 70.5 cm³/mol. The first-order valence-corrected chi connectivity index (χ1v) is 6.27. The van der Waals surface area contributed by atoms with E-state index in [0.29, 0.717) is 24.3 Å². The van der Waals surface area contributed by atoms with Gasteiger partial charge >= 0.3 is 0 Å². The Morgan fingerprint density at radius 1 is 1.55 bits per heavy atom. The van der Waals surface area contributed by atoms with Crippen LogP contribution in [0.5, 0.6) is 0 Å². The molecule has 1 atom stereocenters. The lowest BCUT2D eigenvalue weighted by molar-refractivity contribution is -0.122. The Morgan fingerprint density at radius 2 is 2.35 bits per heavy atom. The van der Waals surface area contributed by atoms with E-state index in [4.69, 9.17) is 0 Å². The van der Waals surface area contributed by atoms with Crippen molar-refractivity contribution in [1.29, 1.82) is 0 Å². The number of carbonyl (C=O) groups is 2. The summed E-state index contributed by atoms with van der Waals surface area (Å²) in [6, 6.07) is 3.72. The summed E-state index contributed by atoms with van der Waals surface area (Å²) in [4.78, 5) is 27.3. The molecular formula is C13H13FN4O2. The number of fused-ring (bicyclic) bond motifs is 1. The molecule has 3 rings (SSSR count). The van der Waals surface area contributed by atoms with Crippen molar-refractivity contribution in [3.8, 4) is 0 Å². The number of aryl methyl sites for hydroxylation is 1. The third-order valence-corrected chi connectivity index (χ3v) is 3.39. The molecule has 1 saturated heterocycles. The van der Waals surface area contributed by atoms with E-state index in [-0.39, 0.29) is 17.6 Å². The third kappa shape index (κ3) is 2.11. The van der Waals surface area contributed by atoms with Gasteiger partial charge in [0.05, 0.1) is 11.0 Å². The number of imidazole rings is 1. The van der Waals surface area contributed by atoms with Gasteiger partial charge in [-0.3, -0.25) is 14.9 Å². The van der Waals surface area contributed by atoms with Crippen molar-refractivity contribution >= 4 is 28.8 Å². The Kier molecular flexibility index (Phi) is 2.89. The van der Waals surface area contributed by atoms with Gasteiger partial charge in [-0.05, 0) is 18.6 Å². The molecule has 1 aliphatic rings. The van der Waals surface area contributed by atoms with Gasteiger partial charge in [0, 0.05) is 19.5 Å². The highest BCUT2D eigenvalue weighted by Gasteiger charge is 2.28. The summed E-state index contributed by atoms with van der Waals surface area (Å²) in [5, 5.41) is 5.25. The highest BCUT2D eigenvalue weighted by atomic mass is 19.1. The zero-order valence-corrected chi connectivity index (χ0v) is 10.8. The van der Waals surface area contributed by atoms with Crippen LogP contribution >= 0.6 is 0 Å². The van der Waals surface area contributed by atoms with E-state index in [1.807, 2.05) is 0 Å². The molecule has 0 saturated carbocycles. The molecule has 1 aromatic carbocycles. The van der Waals surface area contributed by atoms with Gasteiger partial charge in [0.1, 0.15) is 11.9 Å². The van der Waals surface area contributed by atoms with Crippen LogP contribution in [0.2, 0.25) is 0 Å². The fourth-order valence-electron chi connectivity index (χ4n) is 2.29. The fraction of sp³-hybridized carbons (Fsp3) is 0.308. The second kappa shape index (κ2) is 4.59. The van der Waals surface area contributed by atoms with Crippen molar-refractivity contribution in [3.63, 3.8) is 0 Å². The van der Waals surface area contributed by atoms with Gasteiger partial charge in [-0.25, -0.2) is 9.37 Å². The molecule has 0 spiro atoms. The largest absolute Gasteiger partial charge is 0.344 e. The molecule has 20 heavy (non-hydrogen) atoms. The van der Waals surface area contributed by atoms with Crippen molar-refractivity contribution in [2.24, 2.45) is 7.05 Å². The number of hydrogen-bond donors (Lipinski definition) is 2. The van der Waals surface area contributed by atoms with Gasteiger partial charge in [-0.2, -0.15) is 0 Å². The number of halogens is 1. The van der Waals surface area contributed by atoms with E-state index < -0.39 is 6.04 Å². The number of nitrogens with zero attached hydrogens (tertiary/aromatic N) is 2. The van der Waals surface area contributed by atoms with E-state index in [9.17, 15) is 14.0 Å². The van der Waals surface area contributed by atoms with Gasteiger partial charge in [0.25, 0.3) is 0 Å². The van der Waals surface area contributed by atoms with Gasteiger partial charge in [-0.15, -0.1) is 0 Å². The molecule has 2 N–H and O–H groups in total. The van der Waals surface area contributed by atoms with Crippen molar-refractivity contribution in [1.82, 2.24) is 14.9 Å². The summed E-state index contributed by atoms with van der Waals surface area (Å²) in [5.41, 5.74) is 1.19. The molecule has 0 bridgehead atoms. The van der Waals surface area contributed by atoms with Gasteiger partial charge in [0.2, 0.25) is 17.8 Å². The topological polar surface area (TPSA) is 76.0 Å². The molecule has 0 unspecified atom stereocenters. The maximum Gasteiger partial charge on any atom is 0.249 e. The number of anilines is 1. The van der Waals surface area contributed by atoms with Crippen LogP contribution in [0.15, 0.2) is 18.2 Å². The average Bonchev–Trinajstić information content (AvgIpc) is 2.95. The molecule has 2 heterocycles. The minimum absolute atomic E-state index is 0.128. The lowest BCUT2D eigenvalue weighted by atomic mass is 10.2. The summed E-state index contributed by atoms with van der Waals surface area (Å²) in [5.74, 6) is -0.486. The van der Waals surface area contributed by atoms with Crippen LogP contribution in [-0.2, 0) is 16.6 Å². The minimum Gasteiger partial charge on any atom is -0.344 e. The van der Waals surface area contributed by atoms with Crippen LogP contribution < -0.4 is 10.6 Å². The summed E-state index contributed by atoms with van der Waals surface area (Å²) in [6.07, 6.45) is 0.828. The molecule has 7 heteroatoms. The summed E-state index contributed by atoms with van der Waals surface area (Å²) < 4.78 is 14.8. The van der Waals surface area contributed by atoms with Crippen molar-refractivity contribution in [2.45, 2.75) is 18.9 Å². The van der Waals surface area contributed by atoms with Gasteiger partial charge in [0.15, 0.2) is 0 Å². The minimum atomic E-state index is -0.529. The fourth-order valence-corrected chi connectivity index (χ4v) is 2.29. The smallest absolute Gasteiger partial charge is 0.249 e. The summed E-state index contributed by atoms with van der Waals surface area (Å²) >= 11 is 0. The molecule has 2 aromatic rings. The van der Waals surface area contributed by atoms with Crippen molar-refractivity contribution < 1.29 is 14.0 Å². The lowest BCUT2D eigenvalue weighted by Crippen LogP contribution is -2.37. The van der Waals surface area contributed by atoms with E-state index in [0.717, 1.165) is 5.52 Å². The first-order chi connectivity index (χ1) is 9.54. The number of nitrogens with one attached hydrogen (secondary N) is 2. The molecule has 6 nitrogen and oxygen atoms in total. The van der Waals surface area contributed by atoms with Crippen LogP contribution in [0.3, 0.4) is 0 Å². The zero-order chi connectivity index (χ0) is 14.3. The lowest BCUT2D eigenvalue weighted by Gasteiger charge is -2.10. The van der Waals surface area contributed by atoms with Crippen LogP contribution in [0, 0.1) is 5.82 Å². The Labute approximate surface area is 114 Å². The van der Waals surface area contributed by atoms with E-state index in [2.05, 4.69) is 15.6 Å². The maximum atomic E-state index is 13.1. The van der Waals surface area contributed by atoms with Crippen LogP contribution in [0.1, 0.15) is 12.8 Å². The van der Waals surface area contributed by atoms with Crippen LogP contribution in [0.4, 0.5) is 10.3 Å². The highest BCUT2D eigenvalue weighted by molar-refractivity contribution is 5.99. The first-order valence-electron chi connectivity index (χ1n) is 6.27. The molecule has 1 aliphatic heterocycles. The van der Waals surface area contributed by atoms with Gasteiger partial charge in [-0.1, -0.05) is 0 Å². The maximum absolute atomic E-state index is 13.1. The number of aromatic nitrogens is 2. The summed E-state index contributed by atoms with van der Waals surface area (Å²) in [6.45, 7) is 0. The van der Waals surface area contributed by atoms with Crippen molar-refractivity contribution in [3.05, 3.63) is 24.0 Å². The predicted octanol–water partition coefficient (Wildman–Crippen LogP) is 0.929. The number of benzene rings is 1. The van der Waals surface area contributed by atoms with E-state index >= 15 is 0 Å². The van der Waals surface area contributed by atoms with Crippen LogP contribution in [0.25, 0.3) is 11.0 Å². The molecule has 0 aliphatic carbocycles. The zero-order valence-electron chi connectivity index (χ0n) is 10.8. The summed E-state index contributed by atoms with van der Waals surface area (Å²) in [7, 11) is 1.73. The van der Waals surface area contributed by atoms with E-state index in [1.54, 1.807) is 17.7 Å².